The van der Waals surface area contributed by atoms with Crippen LogP contribution in [0.5, 0.6) is 0 Å². The number of rotatable bonds is 3. The molecule has 2 aromatic rings. The highest BCUT2D eigenvalue weighted by molar-refractivity contribution is 5.88. The number of nitrogens with one attached hydrogen (secondary N) is 1. The van der Waals surface area contributed by atoms with E-state index in [1.54, 1.807) is 26.8 Å². The molecule has 0 saturated heterocycles. The van der Waals surface area contributed by atoms with Crippen molar-refractivity contribution in [3.8, 4) is 5.69 Å². The van der Waals surface area contributed by atoms with Crippen LogP contribution < -0.4 is 5.32 Å². The second-order valence-corrected chi connectivity index (χ2v) is 5.66. The minimum atomic E-state index is -0.876. The van der Waals surface area contributed by atoms with Crippen LogP contribution in [0.15, 0.2) is 30.6 Å². The molecule has 2 rings (SSSR count). The van der Waals surface area contributed by atoms with Crippen LogP contribution in [-0.2, 0) is 4.74 Å². The molecule has 0 bridgehead atoms. The van der Waals surface area contributed by atoms with Crippen molar-refractivity contribution >= 4 is 17.5 Å². The van der Waals surface area contributed by atoms with E-state index in [2.05, 4.69) is 10.4 Å². The number of aromatic nitrogens is 2. The summed E-state index contributed by atoms with van der Waals surface area (Å²) in [7, 11) is 0. The number of amides is 1. The molecule has 1 aromatic carbocycles. The summed E-state index contributed by atoms with van der Waals surface area (Å²) in [5.41, 5.74) is -1.57. The zero-order valence-electron chi connectivity index (χ0n) is 12.7. The molecule has 0 spiro atoms. The zero-order valence-corrected chi connectivity index (χ0v) is 12.7. The number of anilines is 1. The molecule has 0 saturated carbocycles. The van der Waals surface area contributed by atoms with Crippen LogP contribution in [0.3, 0.4) is 0 Å². The molecule has 9 heteroatoms. The Morgan fingerprint density at radius 1 is 1.43 bits per heavy atom. The van der Waals surface area contributed by atoms with E-state index in [1.165, 1.54) is 17.1 Å². The van der Waals surface area contributed by atoms with Crippen molar-refractivity contribution in [3.05, 3.63) is 46.5 Å². The van der Waals surface area contributed by atoms with E-state index >= 15 is 0 Å². The summed E-state index contributed by atoms with van der Waals surface area (Å²) in [6, 6.07) is 3.43. The molecule has 0 aliphatic carbocycles. The molecule has 0 aliphatic heterocycles. The van der Waals surface area contributed by atoms with Crippen molar-refractivity contribution in [2.24, 2.45) is 0 Å². The Hall–Kier alpha value is -2.97. The van der Waals surface area contributed by atoms with E-state index < -0.39 is 28.1 Å². The van der Waals surface area contributed by atoms with Gasteiger partial charge in [0.1, 0.15) is 17.0 Å². The predicted molar refractivity (Wildman–Crippen MR) is 80.0 cm³/mol. The van der Waals surface area contributed by atoms with Crippen molar-refractivity contribution in [1.82, 2.24) is 9.78 Å². The van der Waals surface area contributed by atoms with Gasteiger partial charge in [0, 0.05) is 12.4 Å². The number of carbonyl (C=O) groups excluding carboxylic acids is 1. The van der Waals surface area contributed by atoms with Crippen molar-refractivity contribution in [3.63, 3.8) is 0 Å². The van der Waals surface area contributed by atoms with Crippen molar-refractivity contribution in [2.75, 3.05) is 5.32 Å². The standard InChI is InChI=1S/C14H15FN4O4/c1-14(2,3)23-13(20)17-10-8-11(18-6-4-5-16-18)9(15)7-12(10)19(21)22/h4-8H,1-3H3,(H,17,20). The van der Waals surface area contributed by atoms with Crippen LogP contribution >= 0.6 is 0 Å². The normalized spacial score (nSPS) is 11.1. The highest BCUT2D eigenvalue weighted by Crippen LogP contribution is 2.30. The van der Waals surface area contributed by atoms with Crippen molar-refractivity contribution in [2.45, 2.75) is 26.4 Å². The van der Waals surface area contributed by atoms with Crippen LogP contribution in [0.4, 0.5) is 20.6 Å². The molecule has 1 aromatic heterocycles. The molecule has 0 aliphatic rings. The predicted octanol–water partition coefficient (Wildman–Crippen LogP) is 3.27. The maximum absolute atomic E-state index is 14.1. The molecule has 1 amide bonds. The second-order valence-electron chi connectivity index (χ2n) is 5.66. The first-order chi connectivity index (χ1) is 10.7. The summed E-state index contributed by atoms with van der Waals surface area (Å²) in [4.78, 5) is 22.1. The van der Waals surface area contributed by atoms with Gasteiger partial charge < -0.3 is 4.74 Å². The number of nitro benzene ring substituents is 1. The van der Waals surface area contributed by atoms with Gasteiger partial charge in [-0.05, 0) is 32.9 Å². The third-order valence-corrected chi connectivity index (χ3v) is 2.65. The lowest BCUT2D eigenvalue weighted by molar-refractivity contribution is -0.384. The molecule has 0 unspecified atom stereocenters. The Balaban J connectivity index is 2.42. The minimum absolute atomic E-state index is 0.0355. The fourth-order valence-electron chi connectivity index (χ4n) is 1.80. The maximum atomic E-state index is 14.1. The molecule has 23 heavy (non-hydrogen) atoms. The summed E-state index contributed by atoms with van der Waals surface area (Å²) >= 11 is 0. The van der Waals surface area contributed by atoms with E-state index in [4.69, 9.17) is 4.74 Å². The quantitative estimate of drug-likeness (QED) is 0.690. The summed E-state index contributed by atoms with van der Waals surface area (Å²) < 4.78 is 20.3. The Morgan fingerprint density at radius 3 is 2.65 bits per heavy atom. The minimum Gasteiger partial charge on any atom is -0.444 e. The largest absolute Gasteiger partial charge is 0.444 e. The van der Waals surface area contributed by atoms with Gasteiger partial charge in [-0.25, -0.2) is 13.9 Å². The molecule has 1 N–H and O–H groups in total. The monoisotopic (exact) mass is 322 g/mol. The van der Waals surface area contributed by atoms with Crippen LogP contribution in [0.1, 0.15) is 20.8 Å². The number of nitrogens with zero attached hydrogens (tertiary/aromatic N) is 3. The van der Waals surface area contributed by atoms with E-state index in [0.29, 0.717) is 0 Å². The van der Waals surface area contributed by atoms with Gasteiger partial charge in [0.2, 0.25) is 0 Å². The summed E-state index contributed by atoms with van der Waals surface area (Å²) in [6.45, 7) is 4.96. The Morgan fingerprint density at radius 2 is 2.13 bits per heavy atom. The highest BCUT2D eigenvalue weighted by Gasteiger charge is 2.23. The average molecular weight is 322 g/mol. The first-order valence-electron chi connectivity index (χ1n) is 6.65. The number of hydrogen-bond acceptors (Lipinski definition) is 5. The van der Waals surface area contributed by atoms with E-state index in [0.717, 1.165) is 12.1 Å². The molecule has 0 atom stereocenters. The van der Waals surface area contributed by atoms with Crippen molar-refractivity contribution < 1.29 is 18.8 Å². The first-order valence-corrected chi connectivity index (χ1v) is 6.65. The number of hydrogen-bond donors (Lipinski definition) is 1. The van der Waals surface area contributed by atoms with Crippen LogP contribution in [0, 0.1) is 15.9 Å². The highest BCUT2D eigenvalue weighted by atomic mass is 19.1. The van der Waals surface area contributed by atoms with Gasteiger partial charge in [0.25, 0.3) is 5.69 Å². The smallest absolute Gasteiger partial charge is 0.412 e. The molecule has 0 fully saturated rings. The Bertz CT molecular complexity index is 738. The van der Waals surface area contributed by atoms with Gasteiger partial charge >= 0.3 is 6.09 Å². The van der Waals surface area contributed by atoms with Gasteiger partial charge in [-0.1, -0.05) is 0 Å². The number of nitro groups is 1. The summed E-state index contributed by atoms with van der Waals surface area (Å²) in [5.74, 6) is -0.838. The Kier molecular flexibility index (Phi) is 4.30. The third kappa shape index (κ3) is 4.02. The van der Waals surface area contributed by atoms with Crippen LogP contribution in [-0.4, -0.2) is 26.4 Å². The lowest BCUT2D eigenvalue weighted by Crippen LogP contribution is -2.27. The Labute approximate surface area is 131 Å². The lowest BCUT2D eigenvalue weighted by atomic mass is 10.2. The lowest BCUT2D eigenvalue weighted by Gasteiger charge is -2.19. The molecular weight excluding hydrogens is 307 g/mol. The van der Waals surface area contributed by atoms with Gasteiger partial charge in [-0.3, -0.25) is 15.4 Å². The molecule has 122 valence electrons. The first kappa shape index (κ1) is 16.4. The number of halogens is 1. The van der Waals surface area contributed by atoms with Gasteiger partial charge in [0.15, 0.2) is 5.82 Å². The topological polar surface area (TPSA) is 99.3 Å². The SMILES string of the molecule is CC(C)(C)OC(=O)Nc1cc(-n2cccn2)c(F)cc1[N+](=O)[O-]. The molecule has 0 radical (unpaired) electrons. The van der Waals surface area contributed by atoms with Gasteiger partial charge in [-0.2, -0.15) is 5.10 Å². The molecule has 1 heterocycles. The third-order valence-electron chi connectivity index (χ3n) is 2.65. The van der Waals surface area contributed by atoms with Crippen LogP contribution in [0.25, 0.3) is 5.69 Å². The summed E-state index contributed by atoms with van der Waals surface area (Å²) in [6.07, 6.45) is 2.03. The fraction of sp³-hybridized carbons (Fsp3) is 0.286. The summed E-state index contributed by atoms with van der Waals surface area (Å²) in [5, 5.41) is 17.2. The maximum Gasteiger partial charge on any atom is 0.412 e. The number of benzene rings is 1. The van der Waals surface area contributed by atoms with Gasteiger partial charge in [-0.15, -0.1) is 0 Å². The fourth-order valence-corrected chi connectivity index (χ4v) is 1.80. The van der Waals surface area contributed by atoms with E-state index in [9.17, 15) is 19.3 Å². The van der Waals surface area contributed by atoms with E-state index in [-0.39, 0.29) is 11.4 Å². The molecule has 8 nitrogen and oxygen atoms in total. The zero-order chi connectivity index (χ0) is 17.2. The van der Waals surface area contributed by atoms with Crippen LogP contribution in [0.2, 0.25) is 0 Å². The number of carbonyl (C=O) groups is 1. The van der Waals surface area contributed by atoms with E-state index in [1.807, 2.05) is 0 Å². The molecular formula is C14H15FN4O4. The van der Waals surface area contributed by atoms with Crippen molar-refractivity contribution in [1.29, 1.82) is 0 Å². The van der Waals surface area contributed by atoms with Gasteiger partial charge in [0.05, 0.1) is 11.0 Å². The number of ether oxygens (including phenoxy) is 1. The second kappa shape index (κ2) is 6.03. The average Bonchev–Trinajstić information content (AvgIpc) is 2.91.